The second-order valence-electron chi connectivity index (χ2n) is 6.41. The van der Waals surface area contributed by atoms with Gasteiger partial charge in [-0.2, -0.15) is 0 Å². The van der Waals surface area contributed by atoms with Crippen molar-refractivity contribution in [3.63, 3.8) is 0 Å². The van der Waals surface area contributed by atoms with E-state index in [9.17, 15) is 9.59 Å². The summed E-state index contributed by atoms with van der Waals surface area (Å²) in [5.41, 5.74) is 2.40. The summed E-state index contributed by atoms with van der Waals surface area (Å²) >= 11 is 4.69. The van der Waals surface area contributed by atoms with Crippen LogP contribution in [0.4, 0.5) is 5.13 Å². The van der Waals surface area contributed by atoms with Gasteiger partial charge in [-0.1, -0.05) is 27.3 Å². The molecule has 0 bridgehead atoms. The Morgan fingerprint density at radius 2 is 1.96 bits per heavy atom. The lowest BCUT2D eigenvalue weighted by atomic mass is 10.1. The summed E-state index contributed by atoms with van der Waals surface area (Å²) in [6, 6.07) is 8.71. The van der Waals surface area contributed by atoms with Gasteiger partial charge in [-0.15, -0.1) is 0 Å². The Morgan fingerprint density at radius 3 is 2.64 bits per heavy atom. The third-order valence-electron chi connectivity index (χ3n) is 3.88. The van der Waals surface area contributed by atoms with Crippen LogP contribution in [-0.2, 0) is 4.74 Å². The van der Waals surface area contributed by atoms with Gasteiger partial charge in [-0.25, -0.2) is 9.78 Å². The van der Waals surface area contributed by atoms with Crippen molar-refractivity contribution in [2.45, 2.75) is 26.9 Å². The van der Waals surface area contributed by atoms with Crippen LogP contribution in [0.1, 0.15) is 40.1 Å². The number of fused-ring (bicyclic) bond motifs is 1. The fourth-order valence-electron chi connectivity index (χ4n) is 2.72. The first-order valence-corrected chi connectivity index (χ1v) is 10.2. The molecular formula is C20H19BrN2O4S. The van der Waals surface area contributed by atoms with Crippen molar-refractivity contribution in [2.24, 2.45) is 0 Å². The van der Waals surface area contributed by atoms with Gasteiger partial charge in [0, 0.05) is 4.47 Å². The fraction of sp³-hybridized carbons (Fsp3) is 0.250. The van der Waals surface area contributed by atoms with E-state index in [1.165, 1.54) is 18.4 Å². The van der Waals surface area contributed by atoms with Gasteiger partial charge in [-0.3, -0.25) is 10.1 Å². The van der Waals surface area contributed by atoms with Crippen LogP contribution in [0.2, 0.25) is 0 Å². The van der Waals surface area contributed by atoms with Gasteiger partial charge in [0.2, 0.25) is 0 Å². The van der Waals surface area contributed by atoms with Crippen LogP contribution in [0.3, 0.4) is 0 Å². The largest absolute Gasteiger partial charge is 0.496 e. The van der Waals surface area contributed by atoms with E-state index in [0.717, 1.165) is 14.7 Å². The summed E-state index contributed by atoms with van der Waals surface area (Å²) in [6.45, 7) is 5.47. The minimum Gasteiger partial charge on any atom is -0.496 e. The highest BCUT2D eigenvalue weighted by atomic mass is 79.9. The van der Waals surface area contributed by atoms with Gasteiger partial charge < -0.3 is 9.47 Å². The molecule has 1 aromatic heterocycles. The molecule has 6 nitrogen and oxygen atoms in total. The van der Waals surface area contributed by atoms with Crippen LogP contribution in [0.15, 0.2) is 34.8 Å². The molecule has 1 N–H and O–H groups in total. The summed E-state index contributed by atoms with van der Waals surface area (Å²) in [7, 11) is 1.53. The lowest BCUT2D eigenvalue weighted by Gasteiger charge is -2.11. The van der Waals surface area contributed by atoms with Crippen LogP contribution in [0.5, 0.6) is 5.75 Å². The normalized spacial score (nSPS) is 10.9. The van der Waals surface area contributed by atoms with E-state index in [2.05, 4.69) is 26.2 Å². The molecule has 0 aliphatic rings. The standard InChI is InChI=1S/C20H19BrN2O4S/c1-10(2)27-19(25)12-5-6-15-16(8-12)28-20(22-15)23-18(24)14-9-13(21)7-11(3)17(14)26-4/h5-10H,1-4H3,(H,22,23,24). The van der Waals surface area contributed by atoms with E-state index < -0.39 is 0 Å². The topological polar surface area (TPSA) is 77.5 Å². The molecule has 28 heavy (non-hydrogen) atoms. The van der Waals surface area contributed by atoms with Crippen LogP contribution in [0.25, 0.3) is 10.2 Å². The second kappa shape index (κ2) is 8.28. The first-order valence-electron chi connectivity index (χ1n) is 8.55. The van der Waals surface area contributed by atoms with Gasteiger partial charge in [-0.05, 0) is 56.7 Å². The number of esters is 1. The molecule has 0 spiro atoms. The molecule has 0 fully saturated rings. The first kappa shape index (κ1) is 20.3. The number of hydrogen-bond acceptors (Lipinski definition) is 6. The fourth-order valence-corrected chi connectivity index (χ4v) is 4.19. The molecule has 1 amide bonds. The lowest BCUT2D eigenvalue weighted by Crippen LogP contribution is -2.13. The van der Waals surface area contributed by atoms with E-state index in [0.29, 0.717) is 27.5 Å². The number of carbonyl (C=O) groups is 2. The van der Waals surface area contributed by atoms with Crippen molar-refractivity contribution in [1.29, 1.82) is 0 Å². The number of amides is 1. The third-order valence-corrected chi connectivity index (χ3v) is 5.27. The predicted octanol–water partition coefficient (Wildman–Crippen LogP) is 5.19. The molecule has 146 valence electrons. The van der Waals surface area contributed by atoms with Gasteiger partial charge in [0.05, 0.1) is 34.6 Å². The second-order valence-corrected chi connectivity index (χ2v) is 8.36. The number of methoxy groups -OCH3 is 1. The summed E-state index contributed by atoms with van der Waals surface area (Å²) in [5, 5.41) is 3.25. The average molecular weight is 463 g/mol. The van der Waals surface area contributed by atoms with Crippen molar-refractivity contribution in [3.8, 4) is 5.75 Å². The Hall–Kier alpha value is -2.45. The van der Waals surface area contributed by atoms with E-state index >= 15 is 0 Å². The van der Waals surface area contributed by atoms with Crippen molar-refractivity contribution in [1.82, 2.24) is 4.98 Å². The molecule has 0 saturated carbocycles. The van der Waals surface area contributed by atoms with Gasteiger partial charge in [0.1, 0.15) is 5.75 Å². The number of thiazole rings is 1. The Balaban J connectivity index is 1.87. The Labute approximate surface area is 175 Å². The van der Waals surface area contributed by atoms with E-state index in [1.807, 2.05) is 13.0 Å². The number of nitrogens with one attached hydrogen (secondary N) is 1. The highest BCUT2D eigenvalue weighted by Gasteiger charge is 2.18. The van der Waals surface area contributed by atoms with Gasteiger partial charge >= 0.3 is 5.97 Å². The zero-order valence-electron chi connectivity index (χ0n) is 15.8. The number of ether oxygens (including phenoxy) is 2. The molecule has 8 heteroatoms. The van der Waals surface area contributed by atoms with Crippen LogP contribution in [-0.4, -0.2) is 30.1 Å². The summed E-state index contributed by atoms with van der Waals surface area (Å²) in [6.07, 6.45) is -0.192. The SMILES string of the molecule is COc1c(C)cc(Br)cc1C(=O)Nc1nc2ccc(C(=O)OC(C)C)cc2s1. The van der Waals surface area contributed by atoms with Crippen molar-refractivity contribution in [2.75, 3.05) is 12.4 Å². The zero-order chi connectivity index (χ0) is 20.4. The van der Waals surface area contributed by atoms with Crippen LogP contribution < -0.4 is 10.1 Å². The minimum absolute atomic E-state index is 0.192. The number of aromatic nitrogens is 1. The molecule has 0 atom stereocenters. The Bertz CT molecular complexity index is 1060. The monoisotopic (exact) mass is 462 g/mol. The maximum atomic E-state index is 12.8. The van der Waals surface area contributed by atoms with Crippen LogP contribution in [0, 0.1) is 6.92 Å². The smallest absolute Gasteiger partial charge is 0.338 e. The van der Waals surface area contributed by atoms with Crippen molar-refractivity contribution in [3.05, 3.63) is 51.5 Å². The molecule has 0 aliphatic heterocycles. The molecule has 2 aromatic carbocycles. The zero-order valence-corrected chi connectivity index (χ0v) is 18.2. The van der Waals surface area contributed by atoms with Gasteiger partial charge in [0.25, 0.3) is 5.91 Å². The number of nitrogens with zero attached hydrogens (tertiary/aromatic N) is 1. The van der Waals surface area contributed by atoms with Gasteiger partial charge in [0.15, 0.2) is 5.13 Å². The third kappa shape index (κ3) is 4.34. The predicted molar refractivity (Wildman–Crippen MR) is 114 cm³/mol. The molecule has 3 aromatic rings. The molecule has 0 aliphatic carbocycles. The maximum Gasteiger partial charge on any atom is 0.338 e. The Morgan fingerprint density at radius 1 is 1.21 bits per heavy atom. The lowest BCUT2D eigenvalue weighted by molar-refractivity contribution is 0.0378. The van der Waals surface area contributed by atoms with Crippen molar-refractivity contribution >= 4 is 54.5 Å². The number of hydrogen-bond donors (Lipinski definition) is 1. The molecular weight excluding hydrogens is 444 g/mol. The number of anilines is 1. The summed E-state index contributed by atoms with van der Waals surface area (Å²) in [5.74, 6) is -0.189. The number of rotatable bonds is 5. The van der Waals surface area contributed by atoms with E-state index in [-0.39, 0.29) is 18.0 Å². The summed E-state index contributed by atoms with van der Waals surface area (Å²) in [4.78, 5) is 29.3. The molecule has 3 rings (SSSR count). The number of carbonyl (C=O) groups excluding carboxylic acids is 2. The molecule has 0 radical (unpaired) electrons. The number of aryl methyl sites for hydroxylation is 1. The maximum absolute atomic E-state index is 12.8. The van der Waals surface area contributed by atoms with E-state index in [4.69, 9.17) is 9.47 Å². The average Bonchev–Trinajstić information content (AvgIpc) is 3.01. The van der Waals surface area contributed by atoms with E-state index in [1.54, 1.807) is 38.1 Å². The number of halogens is 1. The quantitative estimate of drug-likeness (QED) is 0.527. The molecule has 1 heterocycles. The number of benzene rings is 2. The summed E-state index contributed by atoms with van der Waals surface area (Å²) < 4.78 is 12.2. The highest BCUT2D eigenvalue weighted by Crippen LogP contribution is 2.31. The first-order chi connectivity index (χ1) is 13.3. The molecule has 0 saturated heterocycles. The minimum atomic E-state index is -0.384. The highest BCUT2D eigenvalue weighted by molar-refractivity contribution is 9.10. The van der Waals surface area contributed by atoms with Crippen molar-refractivity contribution < 1.29 is 19.1 Å². The van der Waals surface area contributed by atoms with Crippen LogP contribution >= 0.6 is 27.3 Å². The molecule has 0 unspecified atom stereocenters. The Kier molecular flexibility index (Phi) is 6.00.